The minimum absolute atomic E-state index is 0.0138. The van der Waals surface area contributed by atoms with Gasteiger partial charge >= 0.3 is 0 Å². The number of nitrogens with zero attached hydrogens (tertiary/aromatic N) is 3. The molecule has 0 spiro atoms. The monoisotopic (exact) mass is 369 g/mol. The van der Waals surface area contributed by atoms with Crippen LogP contribution in [0.15, 0.2) is 0 Å². The number of hydrogen-bond acceptors (Lipinski definition) is 10. The number of aromatic nitrogens is 3. The summed E-state index contributed by atoms with van der Waals surface area (Å²) in [6.45, 7) is 3.62. The Hall–Kier alpha value is -1.75. The zero-order chi connectivity index (χ0) is 18.5. The van der Waals surface area contributed by atoms with E-state index < -0.39 is 0 Å². The molecule has 0 aromatic carbocycles. The maximum absolute atomic E-state index is 8.98. The molecule has 1 aromatic heterocycles. The Kier molecular flexibility index (Phi) is 9.95. The van der Waals surface area contributed by atoms with Crippen molar-refractivity contribution in [2.45, 2.75) is 31.7 Å². The minimum atomic E-state index is 0.0138. The normalized spacial score (nSPS) is 14.5. The summed E-state index contributed by atoms with van der Waals surface area (Å²) in [7, 11) is 0. The lowest BCUT2D eigenvalue weighted by atomic mass is 10.3. The molecule has 2 rings (SSSR count). The average molecular weight is 369 g/mol. The van der Waals surface area contributed by atoms with Crippen LogP contribution in [0.5, 0.6) is 0 Å². The molecular formula is C16H31N7O3. The molecule has 1 aromatic rings. The predicted molar refractivity (Wildman–Crippen MR) is 100 cm³/mol. The van der Waals surface area contributed by atoms with Crippen molar-refractivity contribution < 1.29 is 14.6 Å². The summed E-state index contributed by atoms with van der Waals surface area (Å²) in [5.74, 6) is 1.46. The van der Waals surface area contributed by atoms with E-state index in [4.69, 9.17) is 20.3 Å². The van der Waals surface area contributed by atoms with E-state index >= 15 is 0 Å². The van der Waals surface area contributed by atoms with E-state index in [9.17, 15) is 0 Å². The number of aliphatic hydroxyl groups is 1. The molecule has 1 saturated carbocycles. The quantitative estimate of drug-likeness (QED) is 0.285. The molecule has 26 heavy (non-hydrogen) atoms. The fourth-order valence-corrected chi connectivity index (χ4v) is 2.66. The van der Waals surface area contributed by atoms with Gasteiger partial charge in [0.25, 0.3) is 0 Å². The van der Waals surface area contributed by atoms with Crippen LogP contribution in [0.2, 0.25) is 0 Å². The van der Waals surface area contributed by atoms with Crippen LogP contribution in [-0.2, 0) is 9.47 Å². The summed E-state index contributed by atoms with van der Waals surface area (Å²) < 4.78 is 10.7. The molecule has 0 saturated heterocycles. The molecule has 0 atom stereocenters. The van der Waals surface area contributed by atoms with Crippen LogP contribution in [0.3, 0.4) is 0 Å². The van der Waals surface area contributed by atoms with E-state index in [2.05, 4.69) is 30.9 Å². The maximum Gasteiger partial charge on any atom is 0.229 e. The molecule has 1 heterocycles. The molecule has 1 aliphatic rings. The second-order valence-electron chi connectivity index (χ2n) is 6.02. The number of aliphatic hydroxyl groups excluding tert-OH is 1. The third-order valence-electron chi connectivity index (χ3n) is 3.88. The van der Waals surface area contributed by atoms with Gasteiger partial charge in [0.2, 0.25) is 17.8 Å². The van der Waals surface area contributed by atoms with Crippen LogP contribution < -0.4 is 21.7 Å². The first-order valence-corrected chi connectivity index (χ1v) is 9.28. The SMILES string of the molecule is NCCOCCOCCNc1nc(NCCO)nc(NC2CCCC2)n1. The number of hydrogen-bond donors (Lipinski definition) is 5. The standard InChI is InChI=1S/C16H31N7O3/c17-5-9-25-11-12-26-10-7-19-15-21-14(18-6-8-24)22-16(23-15)20-13-3-1-2-4-13/h13,24H,1-12,17H2,(H3,18,19,20,21,22,23). The predicted octanol–water partition coefficient (Wildman–Crippen LogP) is 0.0341. The third-order valence-corrected chi connectivity index (χ3v) is 3.88. The van der Waals surface area contributed by atoms with Crippen molar-refractivity contribution in [1.82, 2.24) is 15.0 Å². The van der Waals surface area contributed by atoms with E-state index in [1.54, 1.807) is 0 Å². The number of nitrogens with two attached hydrogens (primary N) is 1. The van der Waals surface area contributed by atoms with Crippen LogP contribution in [0, 0.1) is 0 Å². The van der Waals surface area contributed by atoms with Crippen LogP contribution in [0.4, 0.5) is 17.8 Å². The highest BCUT2D eigenvalue weighted by Gasteiger charge is 2.16. The number of ether oxygens (including phenoxy) is 2. The topological polar surface area (TPSA) is 139 Å². The first-order valence-electron chi connectivity index (χ1n) is 9.28. The molecule has 0 radical (unpaired) electrons. The van der Waals surface area contributed by atoms with Gasteiger partial charge in [0.05, 0.1) is 33.0 Å². The molecule has 148 valence electrons. The lowest BCUT2D eigenvalue weighted by Crippen LogP contribution is -2.20. The van der Waals surface area contributed by atoms with Crippen molar-refractivity contribution in [3.05, 3.63) is 0 Å². The molecule has 0 bridgehead atoms. The second-order valence-corrected chi connectivity index (χ2v) is 6.02. The second kappa shape index (κ2) is 12.6. The molecule has 0 unspecified atom stereocenters. The van der Waals surface area contributed by atoms with Crippen LogP contribution >= 0.6 is 0 Å². The summed E-state index contributed by atoms with van der Waals surface area (Å²) in [6.07, 6.45) is 4.73. The first kappa shape index (κ1) is 20.6. The Labute approximate surface area is 154 Å². The molecule has 10 nitrogen and oxygen atoms in total. The van der Waals surface area contributed by atoms with Gasteiger partial charge in [-0.25, -0.2) is 0 Å². The van der Waals surface area contributed by atoms with E-state index in [0.717, 1.165) is 12.8 Å². The fourth-order valence-electron chi connectivity index (χ4n) is 2.66. The summed E-state index contributed by atoms with van der Waals surface area (Å²) in [5, 5.41) is 18.5. The molecule has 0 aliphatic heterocycles. The fraction of sp³-hybridized carbons (Fsp3) is 0.812. The summed E-state index contributed by atoms with van der Waals surface area (Å²) >= 11 is 0. The largest absolute Gasteiger partial charge is 0.395 e. The minimum Gasteiger partial charge on any atom is -0.395 e. The Morgan fingerprint density at radius 1 is 0.885 bits per heavy atom. The van der Waals surface area contributed by atoms with Gasteiger partial charge in [-0.3, -0.25) is 0 Å². The molecule has 0 amide bonds. The highest BCUT2D eigenvalue weighted by molar-refractivity contribution is 5.42. The Morgan fingerprint density at radius 2 is 1.50 bits per heavy atom. The molecule has 1 fully saturated rings. The summed E-state index contributed by atoms with van der Waals surface area (Å²) in [6, 6.07) is 0.410. The van der Waals surface area contributed by atoms with Crippen molar-refractivity contribution in [1.29, 1.82) is 0 Å². The lowest BCUT2D eigenvalue weighted by molar-refractivity contribution is 0.0547. The van der Waals surface area contributed by atoms with Gasteiger partial charge in [-0.1, -0.05) is 12.8 Å². The first-order chi connectivity index (χ1) is 12.8. The van der Waals surface area contributed by atoms with Gasteiger partial charge in [0.15, 0.2) is 0 Å². The molecule has 6 N–H and O–H groups in total. The summed E-state index contributed by atoms with van der Waals surface area (Å²) in [4.78, 5) is 13.1. The van der Waals surface area contributed by atoms with Crippen molar-refractivity contribution in [3.8, 4) is 0 Å². The van der Waals surface area contributed by atoms with Crippen molar-refractivity contribution in [2.75, 3.05) is 68.6 Å². The highest BCUT2D eigenvalue weighted by Crippen LogP contribution is 2.21. The van der Waals surface area contributed by atoms with Gasteiger partial charge in [-0.05, 0) is 12.8 Å². The summed E-state index contributed by atoms with van der Waals surface area (Å²) in [5.41, 5.74) is 5.34. The van der Waals surface area contributed by atoms with E-state index in [-0.39, 0.29) is 6.61 Å². The van der Waals surface area contributed by atoms with Crippen LogP contribution in [0.25, 0.3) is 0 Å². The van der Waals surface area contributed by atoms with Gasteiger partial charge in [0.1, 0.15) is 0 Å². The Balaban J connectivity index is 1.79. The van der Waals surface area contributed by atoms with Crippen LogP contribution in [0.1, 0.15) is 25.7 Å². The zero-order valence-corrected chi connectivity index (χ0v) is 15.2. The van der Waals surface area contributed by atoms with Gasteiger partial charge in [-0.2, -0.15) is 15.0 Å². The maximum atomic E-state index is 8.98. The zero-order valence-electron chi connectivity index (χ0n) is 15.2. The molecule has 1 aliphatic carbocycles. The number of anilines is 3. The van der Waals surface area contributed by atoms with Gasteiger partial charge in [-0.15, -0.1) is 0 Å². The van der Waals surface area contributed by atoms with Crippen molar-refractivity contribution >= 4 is 17.8 Å². The van der Waals surface area contributed by atoms with Crippen molar-refractivity contribution in [3.63, 3.8) is 0 Å². The van der Waals surface area contributed by atoms with Gasteiger partial charge < -0.3 is 36.3 Å². The number of nitrogens with one attached hydrogen (secondary N) is 3. The Bertz CT molecular complexity index is 501. The lowest BCUT2D eigenvalue weighted by Gasteiger charge is -2.14. The van der Waals surface area contributed by atoms with E-state index in [1.165, 1.54) is 12.8 Å². The van der Waals surface area contributed by atoms with E-state index in [1.807, 2.05) is 0 Å². The number of rotatable bonds is 14. The van der Waals surface area contributed by atoms with Crippen molar-refractivity contribution in [2.24, 2.45) is 5.73 Å². The van der Waals surface area contributed by atoms with E-state index in [0.29, 0.717) is 69.9 Å². The highest BCUT2D eigenvalue weighted by atomic mass is 16.5. The third kappa shape index (κ3) is 8.09. The molecule has 10 heteroatoms. The molecular weight excluding hydrogens is 338 g/mol. The van der Waals surface area contributed by atoms with Gasteiger partial charge in [0, 0.05) is 25.7 Å². The van der Waals surface area contributed by atoms with Crippen LogP contribution in [-0.4, -0.2) is 78.8 Å². The average Bonchev–Trinajstić information content (AvgIpc) is 3.15. The Morgan fingerprint density at radius 3 is 2.15 bits per heavy atom. The smallest absolute Gasteiger partial charge is 0.229 e.